The molecule has 0 aliphatic heterocycles. The van der Waals surface area contributed by atoms with Gasteiger partial charge >= 0.3 is 0 Å². The second-order valence-electron chi connectivity index (χ2n) is 5.40. The molecule has 3 heteroatoms. The third kappa shape index (κ3) is 2.37. The molecule has 19 heavy (non-hydrogen) atoms. The largest absolute Gasteiger partial charge is 0.358 e. The van der Waals surface area contributed by atoms with Crippen molar-refractivity contribution in [2.24, 2.45) is 0 Å². The number of amides is 1. The van der Waals surface area contributed by atoms with Crippen LogP contribution in [0.1, 0.15) is 37.4 Å². The van der Waals surface area contributed by atoms with Gasteiger partial charge in [0.05, 0.1) is 0 Å². The van der Waals surface area contributed by atoms with Crippen LogP contribution < -0.4 is 5.32 Å². The molecule has 0 saturated carbocycles. The first-order valence-corrected chi connectivity index (χ1v) is 7.15. The summed E-state index contributed by atoms with van der Waals surface area (Å²) >= 11 is 0. The Hall–Kier alpha value is -1.77. The molecule has 1 unspecified atom stereocenters. The molecule has 1 amide bonds. The normalized spacial score (nSPS) is 17.6. The second kappa shape index (κ2) is 5.08. The van der Waals surface area contributed by atoms with E-state index in [4.69, 9.17) is 0 Å². The number of aromatic nitrogens is 1. The minimum Gasteiger partial charge on any atom is -0.358 e. The van der Waals surface area contributed by atoms with Crippen molar-refractivity contribution in [1.29, 1.82) is 0 Å². The number of carbonyl (C=O) groups excluding carboxylic acids is 1. The molecule has 100 valence electrons. The number of nitrogens with one attached hydrogen (secondary N) is 2. The van der Waals surface area contributed by atoms with Crippen LogP contribution in [0.15, 0.2) is 24.3 Å². The Morgan fingerprint density at radius 1 is 1.37 bits per heavy atom. The zero-order chi connectivity index (χ0) is 13.2. The number of hydrogen-bond acceptors (Lipinski definition) is 1. The van der Waals surface area contributed by atoms with Crippen molar-refractivity contribution >= 4 is 16.8 Å². The van der Waals surface area contributed by atoms with E-state index in [1.807, 2.05) is 0 Å². The summed E-state index contributed by atoms with van der Waals surface area (Å²) in [6, 6.07) is 8.67. The van der Waals surface area contributed by atoms with E-state index < -0.39 is 0 Å². The monoisotopic (exact) mass is 256 g/mol. The summed E-state index contributed by atoms with van der Waals surface area (Å²) in [5, 5.41) is 4.46. The van der Waals surface area contributed by atoms with Crippen LogP contribution in [-0.4, -0.2) is 16.9 Å². The van der Waals surface area contributed by atoms with E-state index in [2.05, 4.69) is 41.5 Å². The Bertz CT molecular complexity index is 600. The van der Waals surface area contributed by atoms with Crippen LogP contribution >= 0.6 is 0 Å². The molecule has 0 radical (unpaired) electrons. The van der Waals surface area contributed by atoms with E-state index in [-0.39, 0.29) is 11.9 Å². The van der Waals surface area contributed by atoms with Gasteiger partial charge in [0.1, 0.15) is 0 Å². The zero-order valence-corrected chi connectivity index (χ0v) is 11.3. The number of aromatic amines is 1. The summed E-state index contributed by atoms with van der Waals surface area (Å²) in [7, 11) is 0. The molecule has 0 spiro atoms. The number of fused-ring (bicyclic) bond motifs is 3. The molecular weight excluding hydrogens is 236 g/mol. The molecule has 1 aromatic heterocycles. The highest BCUT2D eigenvalue weighted by Gasteiger charge is 2.26. The summed E-state index contributed by atoms with van der Waals surface area (Å²) in [6.07, 6.45) is 4.59. The number of hydrogen-bond donors (Lipinski definition) is 2. The van der Waals surface area contributed by atoms with E-state index >= 15 is 0 Å². The zero-order valence-electron chi connectivity index (χ0n) is 11.3. The number of carbonyl (C=O) groups is 1. The third-order valence-electron chi connectivity index (χ3n) is 3.93. The fraction of sp³-hybridized carbons (Fsp3) is 0.438. The van der Waals surface area contributed by atoms with Crippen LogP contribution in [0.3, 0.4) is 0 Å². The molecule has 1 atom stereocenters. The highest BCUT2D eigenvalue weighted by Crippen LogP contribution is 2.29. The fourth-order valence-corrected chi connectivity index (χ4v) is 2.97. The smallest absolute Gasteiger partial charge is 0.220 e. The first-order valence-electron chi connectivity index (χ1n) is 7.15. The van der Waals surface area contributed by atoms with Crippen molar-refractivity contribution in [3.63, 3.8) is 0 Å². The van der Waals surface area contributed by atoms with Gasteiger partial charge in [-0.2, -0.15) is 0 Å². The van der Waals surface area contributed by atoms with Crippen LogP contribution in [0.5, 0.6) is 0 Å². The highest BCUT2D eigenvalue weighted by molar-refractivity contribution is 5.85. The lowest BCUT2D eigenvalue weighted by molar-refractivity contribution is -0.121. The van der Waals surface area contributed by atoms with Crippen molar-refractivity contribution in [1.82, 2.24) is 10.3 Å². The Labute approximate surface area is 113 Å². The highest BCUT2D eigenvalue weighted by atomic mass is 16.1. The maximum Gasteiger partial charge on any atom is 0.220 e. The third-order valence-corrected chi connectivity index (χ3v) is 3.93. The number of rotatable bonds is 4. The summed E-state index contributed by atoms with van der Waals surface area (Å²) < 4.78 is 0. The summed E-state index contributed by atoms with van der Waals surface area (Å²) in [5.41, 5.74) is 3.89. The molecule has 1 aliphatic rings. The lowest BCUT2D eigenvalue weighted by Crippen LogP contribution is -2.35. The number of H-pyrrole nitrogens is 1. The van der Waals surface area contributed by atoms with E-state index in [1.165, 1.54) is 22.2 Å². The van der Waals surface area contributed by atoms with E-state index in [0.717, 1.165) is 25.7 Å². The van der Waals surface area contributed by atoms with Gasteiger partial charge in [0.15, 0.2) is 0 Å². The first kappa shape index (κ1) is 12.3. The Morgan fingerprint density at radius 2 is 2.21 bits per heavy atom. The maximum atomic E-state index is 11.8. The van der Waals surface area contributed by atoms with Gasteiger partial charge in [0.25, 0.3) is 0 Å². The lowest BCUT2D eigenvalue weighted by Gasteiger charge is -2.12. The number of para-hydroxylation sites is 1. The van der Waals surface area contributed by atoms with Crippen molar-refractivity contribution in [2.75, 3.05) is 0 Å². The predicted octanol–water partition coefficient (Wildman–Crippen LogP) is 2.94. The van der Waals surface area contributed by atoms with Crippen LogP contribution in [-0.2, 0) is 17.6 Å². The maximum absolute atomic E-state index is 11.8. The van der Waals surface area contributed by atoms with Crippen LogP contribution in [0.2, 0.25) is 0 Å². The van der Waals surface area contributed by atoms with Crippen molar-refractivity contribution in [2.45, 2.75) is 45.1 Å². The van der Waals surface area contributed by atoms with Gasteiger partial charge in [0.2, 0.25) is 5.91 Å². The molecule has 1 aromatic carbocycles. The molecule has 1 heterocycles. The molecule has 0 bridgehead atoms. The first-order chi connectivity index (χ1) is 9.28. The average Bonchev–Trinajstić information content (AvgIpc) is 2.93. The molecule has 2 N–H and O–H groups in total. The minimum absolute atomic E-state index is 0.196. The SMILES string of the molecule is CCCCC(=O)NC1Cc2[nH]c3ccccc3c2C1. The molecule has 0 saturated heterocycles. The number of benzene rings is 1. The van der Waals surface area contributed by atoms with Crippen LogP contribution in [0, 0.1) is 0 Å². The molecule has 2 aromatic rings. The molecule has 0 fully saturated rings. The van der Waals surface area contributed by atoms with Gasteiger partial charge in [-0.1, -0.05) is 31.5 Å². The van der Waals surface area contributed by atoms with E-state index in [9.17, 15) is 4.79 Å². The Morgan fingerprint density at radius 3 is 3.05 bits per heavy atom. The Kier molecular flexibility index (Phi) is 3.28. The van der Waals surface area contributed by atoms with E-state index in [1.54, 1.807) is 0 Å². The minimum atomic E-state index is 0.196. The lowest BCUT2D eigenvalue weighted by atomic mass is 10.1. The topological polar surface area (TPSA) is 44.9 Å². The average molecular weight is 256 g/mol. The van der Waals surface area contributed by atoms with Crippen molar-refractivity contribution in [3.8, 4) is 0 Å². The second-order valence-corrected chi connectivity index (χ2v) is 5.40. The molecule has 1 aliphatic carbocycles. The summed E-state index contributed by atoms with van der Waals surface area (Å²) in [6.45, 7) is 2.11. The summed E-state index contributed by atoms with van der Waals surface area (Å²) in [5.74, 6) is 0.196. The van der Waals surface area contributed by atoms with Gasteiger partial charge in [-0.3, -0.25) is 4.79 Å². The van der Waals surface area contributed by atoms with Crippen molar-refractivity contribution < 1.29 is 4.79 Å². The Balaban J connectivity index is 1.69. The van der Waals surface area contributed by atoms with Crippen LogP contribution in [0.4, 0.5) is 0 Å². The summed E-state index contributed by atoms with van der Waals surface area (Å²) in [4.78, 5) is 15.2. The number of unbranched alkanes of at least 4 members (excludes halogenated alkanes) is 1. The van der Waals surface area contributed by atoms with Gasteiger partial charge in [-0.15, -0.1) is 0 Å². The molecule has 3 nitrogen and oxygen atoms in total. The van der Waals surface area contributed by atoms with E-state index in [0.29, 0.717) is 6.42 Å². The van der Waals surface area contributed by atoms with Gasteiger partial charge < -0.3 is 10.3 Å². The van der Waals surface area contributed by atoms with Crippen LogP contribution in [0.25, 0.3) is 10.9 Å². The predicted molar refractivity (Wildman–Crippen MR) is 77.2 cm³/mol. The fourth-order valence-electron chi connectivity index (χ4n) is 2.97. The van der Waals surface area contributed by atoms with Gasteiger partial charge in [-0.05, 0) is 24.5 Å². The standard InChI is InChI=1S/C16H20N2O/c1-2-3-8-16(19)17-11-9-13-12-6-4-5-7-14(12)18-15(13)10-11/h4-7,11,18H,2-3,8-10H2,1H3,(H,17,19). The van der Waals surface area contributed by atoms with Gasteiger partial charge in [-0.25, -0.2) is 0 Å². The quantitative estimate of drug-likeness (QED) is 0.868. The van der Waals surface area contributed by atoms with Gasteiger partial charge in [0, 0.05) is 35.5 Å². The molecule has 3 rings (SSSR count). The molecular formula is C16H20N2O. The van der Waals surface area contributed by atoms with Crippen molar-refractivity contribution in [3.05, 3.63) is 35.5 Å².